The van der Waals surface area contributed by atoms with Crippen LogP contribution in [-0.2, 0) is 32.0 Å². The number of nitrogens with one attached hydrogen (secondary N) is 6. The molecule has 1 unspecified atom stereocenters. The summed E-state index contributed by atoms with van der Waals surface area (Å²) in [5.41, 5.74) is 4.02. The predicted molar refractivity (Wildman–Crippen MR) is 231 cm³/mol. The number of nitrogens with zero attached hydrogens (tertiary/aromatic N) is 2. The lowest BCUT2D eigenvalue weighted by Gasteiger charge is -2.21. The summed E-state index contributed by atoms with van der Waals surface area (Å²) in [6, 6.07) is 15.6. The minimum atomic E-state index is -0.643. The molecule has 2 aromatic carbocycles. The monoisotopic (exact) mass is 816 g/mol. The summed E-state index contributed by atoms with van der Waals surface area (Å²) < 4.78 is 4.63. The van der Waals surface area contributed by atoms with Crippen LogP contribution in [0.25, 0.3) is 22.5 Å². The number of carbonyl (C=O) groups excluding carboxylic acids is 4. The number of aromatic nitrogens is 4. The third-order valence-electron chi connectivity index (χ3n) is 9.23. The zero-order valence-corrected chi connectivity index (χ0v) is 36.3. The summed E-state index contributed by atoms with van der Waals surface area (Å²) in [5, 5.41) is 11.3. The van der Waals surface area contributed by atoms with Crippen LogP contribution in [-0.4, -0.2) is 76.0 Å². The molecule has 0 aliphatic rings. The number of alkyl carbamates (subject to hydrolysis) is 1. The molecule has 0 saturated heterocycles. The van der Waals surface area contributed by atoms with Gasteiger partial charge in [0.05, 0.1) is 30.9 Å². The topological polar surface area (TPSA) is 183 Å². The largest absolute Gasteiger partial charge is 0.453 e. The lowest BCUT2D eigenvalue weighted by Crippen LogP contribution is -2.49. The van der Waals surface area contributed by atoms with Crippen LogP contribution in [0.1, 0.15) is 98.6 Å². The molecule has 4 amide bonds. The van der Waals surface area contributed by atoms with Gasteiger partial charge in [-0.05, 0) is 73.8 Å². The minimum Gasteiger partial charge on any atom is -0.453 e. The molecular formula is C44H64N8O5S. The van der Waals surface area contributed by atoms with Gasteiger partial charge in [-0.15, -0.1) is 0 Å². The molecule has 2 heterocycles. The molecule has 6 N–H and O–H groups in total. The fourth-order valence-electron chi connectivity index (χ4n) is 6.04. The number of amides is 4. The molecule has 0 bridgehead atoms. The van der Waals surface area contributed by atoms with Gasteiger partial charge >= 0.3 is 6.09 Å². The first-order chi connectivity index (χ1) is 28.0. The van der Waals surface area contributed by atoms with Crippen molar-refractivity contribution in [3.05, 3.63) is 72.6 Å². The maximum atomic E-state index is 12.7. The maximum absolute atomic E-state index is 12.7. The highest BCUT2D eigenvalue weighted by Crippen LogP contribution is 2.32. The van der Waals surface area contributed by atoms with Crippen LogP contribution in [0.15, 0.2) is 70.7 Å². The first-order valence-corrected chi connectivity index (χ1v) is 21.4. The molecular weight excluding hydrogens is 753 g/mol. The van der Waals surface area contributed by atoms with Crippen molar-refractivity contribution < 1.29 is 23.9 Å². The van der Waals surface area contributed by atoms with Gasteiger partial charge in [0.15, 0.2) is 0 Å². The zero-order chi connectivity index (χ0) is 42.5. The Hall–Kier alpha value is -5.11. The van der Waals surface area contributed by atoms with E-state index in [4.69, 9.17) is 0 Å². The van der Waals surface area contributed by atoms with E-state index in [1.807, 2.05) is 60.9 Å². The number of imidazole rings is 2. The Bertz CT molecular complexity index is 1860. The summed E-state index contributed by atoms with van der Waals surface area (Å²) in [5.74, 6) is 1.31. The molecule has 13 nitrogen and oxygen atoms in total. The quantitative estimate of drug-likeness (QED) is 0.0434. The van der Waals surface area contributed by atoms with Gasteiger partial charge in [-0.1, -0.05) is 84.5 Å². The van der Waals surface area contributed by atoms with Gasteiger partial charge in [-0.2, -0.15) is 0 Å². The van der Waals surface area contributed by atoms with Gasteiger partial charge in [-0.25, -0.2) is 14.8 Å². The number of methoxy groups -OCH3 is 1. The van der Waals surface area contributed by atoms with E-state index in [1.54, 1.807) is 11.8 Å². The van der Waals surface area contributed by atoms with E-state index in [9.17, 15) is 19.2 Å². The number of carbonyl (C=O) groups is 4. The second-order valence-electron chi connectivity index (χ2n) is 14.5. The average molecular weight is 817 g/mol. The molecule has 0 fully saturated rings. The number of aryl methyl sites for hydroxylation is 2. The van der Waals surface area contributed by atoms with Crippen molar-refractivity contribution in [3.63, 3.8) is 0 Å². The number of H-pyrrole nitrogens is 2. The lowest BCUT2D eigenvalue weighted by atomic mass is 10.0. The van der Waals surface area contributed by atoms with E-state index in [1.165, 1.54) is 7.11 Å². The third-order valence-corrected chi connectivity index (χ3v) is 10.2. The van der Waals surface area contributed by atoms with Crippen LogP contribution in [0.4, 0.5) is 4.79 Å². The van der Waals surface area contributed by atoms with Crippen LogP contribution in [0.5, 0.6) is 0 Å². The second kappa shape index (κ2) is 25.3. The van der Waals surface area contributed by atoms with Gasteiger partial charge in [-0.3, -0.25) is 14.4 Å². The van der Waals surface area contributed by atoms with Gasteiger partial charge in [0.2, 0.25) is 17.7 Å². The van der Waals surface area contributed by atoms with E-state index in [0.717, 1.165) is 88.9 Å². The highest BCUT2D eigenvalue weighted by Gasteiger charge is 2.25. The number of rotatable bonds is 22. The summed E-state index contributed by atoms with van der Waals surface area (Å²) >= 11 is 1.69. The molecule has 14 heteroatoms. The average Bonchev–Trinajstić information content (AvgIpc) is 3.90. The highest BCUT2D eigenvalue weighted by atomic mass is 32.2. The van der Waals surface area contributed by atoms with E-state index in [0.29, 0.717) is 19.5 Å². The van der Waals surface area contributed by atoms with Gasteiger partial charge in [0.1, 0.15) is 23.7 Å². The number of aromatic amines is 2. The minimum absolute atomic E-state index is 0.0141. The number of ether oxygens (including phenoxy) is 1. The summed E-state index contributed by atoms with van der Waals surface area (Å²) in [7, 11) is 1.28. The Morgan fingerprint density at radius 2 is 1.24 bits per heavy atom. The van der Waals surface area contributed by atoms with Crippen molar-refractivity contribution in [1.29, 1.82) is 0 Å². The molecule has 58 heavy (non-hydrogen) atoms. The standard InChI is InChI=1S/C42H58N8O5S.C2H6/c1-7-13-37(51)49-38(27(2)3)40(52)43-22-10-9-17-36-46-26-34(48-36)30-14-12-15-32(24-30)56-31-20-18-29(19-21-31)33-25-45-35(47-33)16-8-11-23-44-41(53)39(28(4)5)50-42(54)55-6;1-2/h12,14-15,18-21,24-28,38-39H,7-11,13,16-17,22-23H2,1-6H3,(H,43,52)(H,44,53)(H,45,47)(H,46,48)(H,49,51)(H,50,54);1-2H3/t38?,39-;/m0./s1. The second-order valence-corrected chi connectivity index (χ2v) is 15.7. The first kappa shape index (κ1) is 47.3. The van der Waals surface area contributed by atoms with Crippen molar-refractivity contribution in [3.8, 4) is 22.5 Å². The Labute approximate surface area is 348 Å². The van der Waals surface area contributed by atoms with E-state index < -0.39 is 18.2 Å². The van der Waals surface area contributed by atoms with Crippen molar-refractivity contribution >= 4 is 35.6 Å². The molecule has 0 radical (unpaired) electrons. The van der Waals surface area contributed by atoms with Gasteiger partial charge in [0.25, 0.3) is 0 Å². The van der Waals surface area contributed by atoms with E-state index in [-0.39, 0.29) is 29.6 Å². The molecule has 316 valence electrons. The van der Waals surface area contributed by atoms with Crippen molar-refractivity contribution in [2.75, 3.05) is 20.2 Å². The SMILES string of the molecule is CC.CCCC(=O)NC(C(=O)NCCCCc1ncc(-c2cccc(Sc3ccc(-c4cnc(CCCCNC(=O)[C@@H](NC(=O)OC)C(C)C)[nH]4)cc3)c2)[nH]1)C(C)C. The third kappa shape index (κ3) is 15.7. The Balaban J connectivity index is 0.00000443. The summed E-state index contributed by atoms with van der Waals surface area (Å²) in [6.07, 6.45) is 9.11. The normalized spacial score (nSPS) is 12.0. The Kier molecular flexibility index (Phi) is 20.6. The first-order valence-electron chi connectivity index (χ1n) is 20.6. The van der Waals surface area contributed by atoms with Crippen LogP contribution < -0.4 is 21.3 Å². The van der Waals surface area contributed by atoms with Gasteiger partial charge < -0.3 is 36.0 Å². The Morgan fingerprint density at radius 3 is 1.76 bits per heavy atom. The van der Waals surface area contributed by atoms with E-state index in [2.05, 4.69) is 94.5 Å². The van der Waals surface area contributed by atoms with Gasteiger partial charge in [0, 0.05) is 47.7 Å². The number of benzene rings is 2. The van der Waals surface area contributed by atoms with Crippen LogP contribution in [0.3, 0.4) is 0 Å². The molecule has 0 saturated carbocycles. The fourth-order valence-corrected chi connectivity index (χ4v) is 6.92. The molecule has 4 aromatic rings. The molecule has 0 aliphatic carbocycles. The molecule has 2 atom stereocenters. The molecule has 0 spiro atoms. The lowest BCUT2D eigenvalue weighted by molar-refractivity contribution is -0.130. The van der Waals surface area contributed by atoms with Crippen molar-refractivity contribution in [1.82, 2.24) is 41.2 Å². The number of hydrogen-bond acceptors (Lipinski definition) is 8. The molecule has 4 rings (SSSR count). The molecule has 0 aliphatic heterocycles. The summed E-state index contributed by atoms with van der Waals surface area (Å²) in [6.45, 7) is 14.6. The van der Waals surface area contributed by atoms with Crippen molar-refractivity contribution in [2.45, 2.75) is 122 Å². The van der Waals surface area contributed by atoms with Crippen LogP contribution >= 0.6 is 11.8 Å². The highest BCUT2D eigenvalue weighted by molar-refractivity contribution is 7.99. The molecule has 2 aromatic heterocycles. The van der Waals surface area contributed by atoms with Crippen LogP contribution in [0, 0.1) is 11.8 Å². The maximum Gasteiger partial charge on any atom is 0.407 e. The van der Waals surface area contributed by atoms with Crippen molar-refractivity contribution in [2.24, 2.45) is 11.8 Å². The Morgan fingerprint density at radius 1 is 0.707 bits per heavy atom. The summed E-state index contributed by atoms with van der Waals surface area (Å²) in [4.78, 5) is 67.1. The zero-order valence-electron chi connectivity index (χ0n) is 35.5. The van der Waals surface area contributed by atoms with Crippen LogP contribution in [0.2, 0.25) is 0 Å². The predicted octanol–water partition coefficient (Wildman–Crippen LogP) is 7.84. The fraction of sp³-hybridized carbons (Fsp3) is 0.500. The number of unbranched alkanes of at least 4 members (excludes halogenated alkanes) is 2. The smallest absolute Gasteiger partial charge is 0.407 e. The number of hydrogen-bond donors (Lipinski definition) is 6. The van der Waals surface area contributed by atoms with E-state index >= 15 is 0 Å².